The van der Waals surface area contributed by atoms with Gasteiger partial charge in [0.05, 0.1) is 19.3 Å². The fourth-order valence-corrected chi connectivity index (χ4v) is 2.00. The Labute approximate surface area is 134 Å². The lowest BCUT2D eigenvalue weighted by molar-refractivity contribution is -0.115. The zero-order valence-electron chi connectivity index (χ0n) is 13.1. The number of amides is 3. The van der Waals surface area contributed by atoms with E-state index in [-0.39, 0.29) is 12.5 Å². The van der Waals surface area contributed by atoms with Crippen molar-refractivity contribution >= 4 is 23.3 Å². The van der Waals surface area contributed by atoms with Crippen molar-refractivity contribution in [3.8, 4) is 5.75 Å². The molecule has 0 saturated carbocycles. The monoisotopic (exact) mass is 313 g/mol. The summed E-state index contributed by atoms with van der Waals surface area (Å²) in [5.74, 6) is 0.248. The fourth-order valence-electron chi connectivity index (χ4n) is 2.00. The predicted octanol–water partition coefficient (Wildman–Crippen LogP) is 2.76. The minimum absolute atomic E-state index is 0.130. The van der Waals surface area contributed by atoms with Crippen molar-refractivity contribution in [1.29, 1.82) is 0 Å². The summed E-state index contributed by atoms with van der Waals surface area (Å²) in [6, 6.07) is 14.0. The fraction of sp³-hybridized carbons (Fsp3) is 0.176. The summed E-state index contributed by atoms with van der Waals surface area (Å²) in [5.41, 5.74) is 2.28. The van der Waals surface area contributed by atoms with E-state index >= 15 is 0 Å². The predicted molar refractivity (Wildman–Crippen MR) is 89.8 cm³/mol. The molecule has 6 nitrogen and oxygen atoms in total. The van der Waals surface area contributed by atoms with E-state index < -0.39 is 6.03 Å². The van der Waals surface area contributed by atoms with Crippen LogP contribution in [-0.4, -0.2) is 25.6 Å². The lowest BCUT2D eigenvalue weighted by Crippen LogP contribution is -2.35. The van der Waals surface area contributed by atoms with Crippen molar-refractivity contribution in [3.63, 3.8) is 0 Å². The summed E-state index contributed by atoms with van der Waals surface area (Å²) in [6.45, 7) is 1.81. The summed E-state index contributed by atoms with van der Waals surface area (Å²) in [5, 5.41) is 7.85. The molecular weight excluding hydrogens is 294 g/mol. The van der Waals surface area contributed by atoms with Gasteiger partial charge in [0, 0.05) is 5.69 Å². The molecule has 0 aliphatic heterocycles. The van der Waals surface area contributed by atoms with Gasteiger partial charge in [-0.25, -0.2) is 4.79 Å². The molecule has 2 rings (SSSR count). The third-order valence-electron chi connectivity index (χ3n) is 3.07. The summed E-state index contributed by atoms with van der Waals surface area (Å²) in [6.07, 6.45) is 0. The van der Waals surface area contributed by atoms with Gasteiger partial charge in [0.15, 0.2) is 0 Å². The van der Waals surface area contributed by atoms with E-state index in [4.69, 9.17) is 4.74 Å². The molecule has 120 valence electrons. The molecule has 2 aromatic carbocycles. The number of carbonyl (C=O) groups is 2. The number of ether oxygens (including phenoxy) is 1. The van der Waals surface area contributed by atoms with Crippen molar-refractivity contribution in [1.82, 2.24) is 5.32 Å². The molecule has 0 atom stereocenters. The Morgan fingerprint density at radius 2 is 1.83 bits per heavy atom. The van der Waals surface area contributed by atoms with Crippen LogP contribution in [-0.2, 0) is 4.79 Å². The molecule has 0 fully saturated rings. The lowest BCUT2D eigenvalue weighted by Gasteiger charge is -2.11. The second-order valence-electron chi connectivity index (χ2n) is 4.93. The smallest absolute Gasteiger partial charge is 0.319 e. The Morgan fingerprint density at radius 1 is 1.04 bits per heavy atom. The Bertz CT molecular complexity index is 701. The van der Waals surface area contributed by atoms with Crippen molar-refractivity contribution in [2.45, 2.75) is 6.92 Å². The number of carbonyl (C=O) groups excluding carboxylic acids is 2. The molecule has 0 aliphatic carbocycles. The quantitative estimate of drug-likeness (QED) is 0.794. The highest BCUT2D eigenvalue weighted by molar-refractivity contribution is 5.97. The molecule has 0 saturated heterocycles. The second kappa shape index (κ2) is 7.84. The van der Waals surface area contributed by atoms with Crippen LogP contribution in [0.1, 0.15) is 5.56 Å². The molecule has 0 unspecified atom stereocenters. The van der Waals surface area contributed by atoms with Crippen LogP contribution in [0.4, 0.5) is 16.2 Å². The zero-order valence-corrected chi connectivity index (χ0v) is 13.1. The molecule has 6 heteroatoms. The molecule has 2 aromatic rings. The van der Waals surface area contributed by atoms with Crippen LogP contribution in [0.3, 0.4) is 0 Å². The Hall–Kier alpha value is -3.02. The first-order valence-corrected chi connectivity index (χ1v) is 7.13. The van der Waals surface area contributed by atoms with Gasteiger partial charge < -0.3 is 20.7 Å². The van der Waals surface area contributed by atoms with E-state index in [1.165, 1.54) is 7.11 Å². The molecule has 3 N–H and O–H groups in total. The first kappa shape index (κ1) is 16.4. The van der Waals surface area contributed by atoms with Crippen LogP contribution in [0.2, 0.25) is 0 Å². The van der Waals surface area contributed by atoms with Crippen LogP contribution < -0.4 is 20.7 Å². The van der Waals surface area contributed by atoms with Crippen molar-refractivity contribution in [3.05, 3.63) is 54.1 Å². The first-order valence-electron chi connectivity index (χ1n) is 7.13. The van der Waals surface area contributed by atoms with Gasteiger partial charge >= 0.3 is 6.03 Å². The summed E-state index contributed by atoms with van der Waals surface area (Å²) >= 11 is 0. The maximum Gasteiger partial charge on any atom is 0.319 e. The molecule has 0 spiro atoms. The van der Waals surface area contributed by atoms with Crippen LogP contribution in [0, 0.1) is 6.92 Å². The number of aryl methyl sites for hydroxylation is 1. The first-order chi connectivity index (χ1) is 11.1. The molecule has 0 bridgehead atoms. The lowest BCUT2D eigenvalue weighted by atomic mass is 10.2. The third-order valence-corrected chi connectivity index (χ3v) is 3.07. The van der Waals surface area contributed by atoms with E-state index in [0.29, 0.717) is 17.1 Å². The van der Waals surface area contributed by atoms with Crippen LogP contribution in [0.15, 0.2) is 48.5 Å². The highest BCUT2D eigenvalue weighted by Gasteiger charge is 2.08. The molecule has 0 radical (unpaired) electrons. The van der Waals surface area contributed by atoms with E-state index in [1.807, 2.05) is 25.1 Å². The van der Waals surface area contributed by atoms with Gasteiger partial charge in [-0.15, -0.1) is 0 Å². The van der Waals surface area contributed by atoms with E-state index in [1.54, 1.807) is 30.3 Å². The maximum absolute atomic E-state index is 11.8. The van der Waals surface area contributed by atoms with Crippen LogP contribution in [0.25, 0.3) is 0 Å². The highest BCUT2D eigenvalue weighted by Crippen LogP contribution is 2.22. The zero-order chi connectivity index (χ0) is 16.7. The molecular formula is C17H19N3O3. The van der Waals surface area contributed by atoms with Crippen LogP contribution in [0.5, 0.6) is 5.75 Å². The number of rotatable bonds is 5. The van der Waals surface area contributed by atoms with Crippen molar-refractivity contribution < 1.29 is 14.3 Å². The summed E-state index contributed by atoms with van der Waals surface area (Å²) in [7, 11) is 1.52. The number of benzene rings is 2. The Morgan fingerprint density at radius 3 is 2.57 bits per heavy atom. The number of hydrogen-bond donors (Lipinski definition) is 3. The number of urea groups is 1. The second-order valence-corrected chi connectivity index (χ2v) is 4.93. The van der Waals surface area contributed by atoms with Gasteiger partial charge in [-0.1, -0.05) is 24.3 Å². The molecule has 0 aliphatic rings. The van der Waals surface area contributed by atoms with Gasteiger partial charge in [0.2, 0.25) is 5.91 Å². The summed E-state index contributed by atoms with van der Waals surface area (Å²) < 4.78 is 5.14. The maximum atomic E-state index is 11.8. The average molecular weight is 313 g/mol. The van der Waals surface area contributed by atoms with Gasteiger partial charge in [-0.2, -0.15) is 0 Å². The Kier molecular flexibility index (Phi) is 5.57. The minimum atomic E-state index is -0.478. The van der Waals surface area contributed by atoms with Gasteiger partial charge in [0.25, 0.3) is 0 Å². The number of hydrogen-bond acceptors (Lipinski definition) is 3. The van der Waals surface area contributed by atoms with Crippen LogP contribution >= 0.6 is 0 Å². The number of para-hydroxylation sites is 2. The number of methoxy groups -OCH3 is 1. The van der Waals surface area contributed by atoms with E-state index in [9.17, 15) is 9.59 Å². The topological polar surface area (TPSA) is 79.5 Å². The molecule has 3 amide bonds. The molecule has 0 heterocycles. The van der Waals surface area contributed by atoms with Gasteiger partial charge in [-0.3, -0.25) is 4.79 Å². The Balaban J connectivity index is 1.83. The normalized spacial score (nSPS) is 9.83. The molecule has 0 aromatic heterocycles. The van der Waals surface area contributed by atoms with E-state index in [2.05, 4.69) is 16.0 Å². The van der Waals surface area contributed by atoms with E-state index in [0.717, 1.165) is 5.56 Å². The standard InChI is InChI=1S/C17H19N3O3/c1-12-6-5-7-13(10-12)19-16(21)11-18-17(22)20-14-8-3-4-9-15(14)23-2/h3-10H,11H2,1-2H3,(H,19,21)(H2,18,20,22). The largest absolute Gasteiger partial charge is 0.495 e. The summed E-state index contributed by atoms with van der Waals surface area (Å²) in [4.78, 5) is 23.7. The molecule has 23 heavy (non-hydrogen) atoms. The SMILES string of the molecule is COc1ccccc1NC(=O)NCC(=O)Nc1cccc(C)c1. The number of nitrogens with one attached hydrogen (secondary N) is 3. The third kappa shape index (κ3) is 5.03. The van der Waals surface area contributed by atoms with Crippen molar-refractivity contribution in [2.24, 2.45) is 0 Å². The highest BCUT2D eigenvalue weighted by atomic mass is 16.5. The van der Waals surface area contributed by atoms with Gasteiger partial charge in [-0.05, 0) is 36.8 Å². The minimum Gasteiger partial charge on any atom is -0.495 e. The average Bonchev–Trinajstić information content (AvgIpc) is 2.53. The number of anilines is 2. The van der Waals surface area contributed by atoms with Crippen molar-refractivity contribution in [2.75, 3.05) is 24.3 Å². The van der Waals surface area contributed by atoms with Gasteiger partial charge in [0.1, 0.15) is 5.75 Å².